The van der Waals surface area contributed by atoms with Gasteiger partial charge in [0.05, 0.1) is 22.5 Å². The van der Waals surface area contributed by atoms with Crippen molar-refractivity contribution >= 4 is 26.9 Å². The molecule has 0 bridgehead atoms. The summed E-state index contributed by atoms with van der Waals surface area (Å²) in [6.07, 6.45) is 1.35. The van der Waals surface area contributed by atoms with Crippen molar-refractivity contribution in [3.8, 4) is 5.69 Å². The number of nitrogens with zero attached hydrogens (tertiary/aromatic N) is 6. The molecular weight excluding hydrogens is 400 g/mol. The number of hydrogen-bond donors (Lipinski definition) is 0. The molecule has 30 heavy (non-hydrogen) atoms. The van der Waals surface area contributed by atoms with Crippen LogP contribution in [0.5, 0.6) is 0 Å². The summed E-state index contributed by atoms with van der Waals surface area (Å²) < 4.78 is 28.3. The fourth-order valence-electron chi connectivity index (χ4n) is 3.91. The molecule has 1 saturated heterocycles. The Morgan fingerprint density at radius 3 is 2.33 bits per heavy atom. The van der Waals surface area contributed by atoms with Crippen LogP contribution in [0.25, 0.3) is 16.7 Å². The Hall–Kier alpha value is -2.52. The van der Waals surface area contributed by atoms with Crippen molar-refractivity contribution < 1.29 is 8.42 Å². The number of fused-ring (bicyclic) bond motifs is 1. The summed E-state index contributed by atoms with van der Waals surface area (Å²) in [6, 6.07) is 9.97. The first kappa shape index (κ1) is 20.7. The Bertz CT molecular complexity index is 1140. The fourth-order valence-corrected chi connectivity index (χ4v) is 5.40. The van der Waals surface area contributed by atoms with Crippen molar-refractivity contribution in [3.63, 3.8) is 0 Å². The van der Waals surface area contributed by atoms with Gasteiger partial charge in [-0.05, 0) is 25.5 Å². The van der Waals surface area contributed by atoms with Crippen LogP contribution in [0, 0.1) is 6.92 Å². The maximum Gasteiger partial charge on any atom is 0.214 e. The highest BCUT2D eigenvalue weighted by Gasteiger charge is 2.29. The molecule has 0 unspecified atom stereocenters. The highest BCUT2D eigenvalue weighted by Crippen LogP contribution is 2.30. The minimum Gasteiger partial charge on any atom is -0.353 e. The third kappa shape index (κ3) is 3.79. The van der Waals surface area contributed by atoms with Crippen molar-refractivity contribution in [1.29, 1.82) is 0 Å². The van der Waals surface area contributed by atoms with Crippen LogP contribution in [0.3, 0.4) is 0 Å². The molecule has 8 nitrogen and oxygen atoms in total. The second-order valence-electron chi connectivity index (χ2n) is 7.55. The maximum absolute atomic E-state index is 12.4. The van der Waals surface area contributed by atoms with Gasteiger partial charge in [-0.2, -0.15) is 9.40 Å². The summed E-state index contributed by atoms with van der Waals surface area (Å²) in [4.78, 5) is 11.8. The van der Waals surface area contributed by atoms with Gasteiger partial charge in [-0.15, -0.1) is 0 Å². The molecule has 3 aromatic rings. The molecule has 1 aromatic carbocycles. The van der Waals surface area contributed by atoms with E-state index < -0.39 is 10.0 Å². The Labute approximate surface area is 177 Å². The Kier molecular flexibility index (Phi) is 5.75. The van der Waals surface area contributed by atoms with Gasteiger partial charge in [-0.1, -0.05) is 32.0 Å². The molecule has 0 atom stereocenters. The first-order valence-corrected chi connectivity index (χ1v) is 12.1. The van der Waals surface area contributed by atoms with Crippen LogP contribution >= 0.6 is 0 Å². The molecule has 0 saturated carbocycles. The molecule has 160 valence electrons. The summed E-state index contributed by atoms with van der Waals surface area (Å²) in [6.45, 7) is 8.06. The van der Waals surface area contributed by atoms with Crippen molar-refractivity contribution in [2.75, 3.05) is 36.8 Å². The van der Waals surface area contributed by atoms with Gasteiger partial charge in [-0.3, -0.25) is 0 Å². The Morgan fingerprint density at radius 2 is 1.70 bits per heavy atom. The molecule has 1 fully saturated rings. The van der Waals surface area contributed by atoms with Gasteiger partial charge in [0.2, 0.25) is 10.0 Å². The van der Waals surface area contributed by atoms with E-state index >= 15 is 0 Å². The number of aryl methyl sites for hydroxylation is 2. The first-order chi connectivity index (χ1) is 14.4. The third-order valence-corrected chi connectivity index (χ3v) is 7.52. The van der Waals surface area contributed by atoms with Gasteiger partial charge in [0.1, 0.15) is 11.6 Å². The van der Waals surface area contributed by atoms with Crippen LogP contribution in [-0.4, -0.2) is 64.4 Å². The summed E-state index contributed by atoms with van der Waals surface area (Å²) in [5, 5.41) is 5.68. The molecule has 0 aliphatic carbocycles. The zero-order chi connectivity index (χ0) is 21.3. The number of hydrogen-bond acceptors (Lipinski definition) is 6. The average Bonchev–Trinajstić information content (AvgIpc) is 3.10. The number of piperazine rings is 1. The van der Waals surface area contributed by atoms with Crippen molar-refractivity contribution in [2.24, 2.45) is 0 Å². The van der Waals surface area contributed by atoms with Gasteiger partial charge in [0.15, 0.2) is 5.65 Å². The highest BCUT2D eigenvalue weighted by atomic mass is 32.2. The average molecular weight is 429 g/mol. The number of benzene rings is 1. The molecule has 0 spiro atoms. The molecule has 0 amide bonds. The van der Waals surface area contributed by atoms with Crippen LogP contribution in [0.4, 0.5) is 5.82 Å². The predicted octanol–water partition coefficient (Wildman–Crippen LogP) is 2.55. The molecule has 1 aliphatic heterocycles. The lowest BCUT2D eigenvalue weighted by Crippen LogP contribution is -2.49. The monoisotopic (exact) mass is 428 g/mol. The summed E-state index contributed by atoms with van der Waals surface area (Å²) in [5.41, 5.74) is 2.62. The summed E-state index contributed by atoms with van der Waals surface area (Å²) in [7, 11) is -3.18. The zero-order valence-corrected chi connectivity index (χ0v) is 18.6. The Balaban J connectivity index is 1.73. The van der Waals surface area contributed by atoms with Crippen molar-refractivity contribution in [3.05, 3.63) is 41.9 Å². The fraction of sp³-hybridized carbons (Fsp3) is 0.476. The minimum atomic E-state index is -3.18. The van der Waals surface area contributed by atoms with Crippen LogP contribution < -0.4 is 4.90 Å². The smallest absolute Gasteiger partial charge is 0.214 e. The molecule has 0 N–H and O–H groups in total. The second kappa shape index (κ2) is 8.31. The van der Waals surface area contributed by atoms with Crippen molar-refractivity contribution in [2.45, 2.75) is 33.6 Å². The van der Waals surface area contributed by atoms with E-state index in [9.17, 15) is 8.42 Å². The molecular formula is C21H28N6O2S. The van der Waals surface area contributed by atoms with E-state index in [2.05, 4.69) is 4.90 Å². The lowest BCUT2D eigenvalue weighted by atomic mass is 10.2. The van der Waals surface area contributed by atoms with Gasteiger partial charge in [0, 0.05) is 32.6 Å². The normalized spacial score (nSPS) is 15.8. The molecule has 4 rings (SSSR count). The van der Waals surface area contributed by atoms with Crippen LogP contribution in [0.15, 0.2) is 30.3 Å². The molecule has 2 aromatic heterocycles. The van der Waals surface area contributed by atoms with Crippen LogP contribution in [0.2, 0.25) is 0 Å². The molecule has 3 heterocycles. The van der Waals surface area contributed by atoms with E-state index in [-0.39, 0.29) is 5.75 Å². The Morgan fingerprint density at radius 1 is 1.00 bits per heavy atom. The molecule has 1 aliphatic rings. The van der Waals surface area contributed by atoms with E-state index in [4.69, 9.17) is 15.1 Å². The number of para-hydroxylation sites is 1. The van der Waals surface area contributed by atoms with Gasteiger partial charge in [0.25, 0.3) is 0 Å². The van der Waals surface area contributed by atoms with E-state index in [0.29, 0.717) is 39.0 Å². The first-order valence-electron chi connectivity index (χ1n) is 10.5. The summed E-state index contributed by atoms with van der Waals surface area (Å²) >= 11 is 0. The van der Waals surface area contributed by atoms with E-state index in [1.54, 1.807) is 4.31 Å². The van der Waals surface area contributed by atoms with E-state index in [1.807, 2.05) is 55.8 Å². The second-order valence-corrected chi connectivity index (χ2v) is 9.64. The van der Waals surface area contributed by atoms with E-state index in [1.165, 1.54) is 0 Å². The number of sulfonamides is 1. The van der Waals surface area contributed by atoms with Crippen LogP contribution in [0.1, 0.15) is 31.8 Å². The number of rotatable bonds is 6. The zero-order valence-electron chi connectivity index (χ0n) is 17.7. The van der Waals surface area contributed by atoms with Crippen molar-refractivity contribution in [1.82, 2.24) is 24.1 Å². The quantitative estimate of drug-likeness (QED) is 0.600. The lowest BCUT2D eigenvalue weighted by molar-refractivity contribution is 0.384. The largest absolute Gasteiger partial charge is 0.353 e. The van der Waals surface area contributed by atoms with E-state index in [0.717, 1.165) is 34.1 Å². The SMILES string of the molecule is CCCS(=O)(=O)N1CCN(c2nc(CC)nc3c2c(C)nn3-c2ccccc2)CC1. The lowest BCUT2D eigenvalue weighted by Gasteiger charge is -2.35. The standard InChI is InChI=1S/C21H28N6O2S/c1-4-15-30(28,29)26-13-11-25(12-14-26)20-19-16(3)24-27(17-9-7-6-8-10-17)21(19)23-18(5-2)22-20/h6-10H,4-5,11-15H2,1-3H3. The number of aromatic nitrogens is 4. The van der Waals surface area contributed by atoms with Gasteiger partial charge < -0.3 is 4.90 Å². The van der Waals surface area contributed by atoms with Gasteiger partial charge >= 0.3 is 0 Å². The highest BCUT2D eigenvalue weighted by molar-refractivity contribution is 7.89. The third-order valence-electron chi connectivity index (χ3n) is 5.44. The number of anilines is 1. The molecule has 9 heteroatoms. The molecule has 0 radical (unpaired) electrons. The topological polar surface area (TPSA) is 84.2 Å². The summed E-state index contributed by atoms with van der Waals surface area (Å²) in [5.74, 6) is 1.81. The predicted molar refractivity (Wildman–Crippen MR) is 119 cm³/mol. The van der Waals surface area contributed by atoms with Crippen LogP contribution in [-0.2, 0) is 16.4 Å². The minimum absolute atomic E-state index is 0.202. The van der Waals surface area contributed by atoms with Gasteiger partial charge in [-0.25, -0.2) is 23.1 Å². The maximum atomic E-state index is 12.4.